The normalized spacial score (nSPS) is 12.3. The molecule has 1 heterocycles. The average Bonchev–Trinajstić information content (AvgIpc) is 2.89. The molecule has 3 aromatic rings. The fourth-order valence-corrected chi connectivity index (χ4v) is 3.46. The number of aromatic nitrogens is 1. The lowest BCUT2D eigenvalue weighted by Gasteiger charge is -1.97. The van der Waals surface area contributed by atoms with Gasteiger partial charge in [0, 0.05) is 13.1 Å². The summed E-state index contributed by atoms with van der Waals surface area (Å²) in [4.78, 5) is 17.0. The van der Waals surface area contributed by atoms with Crippen LogP contribution >= 0.6 is 11.3 Å². The SMILES string of the molecule is CCc1ccc2c(c1)sc(=NC(=O)/C=C/c1ccccc1)n2C. The lowest BCUT2D eigenvalue weighted by atomic mass is 10.2. The first-order chi connectivity index (χ1) is 11.2. The minimum absolute atomic E-state index is 0.244. The van der Waals surface area contributed by atoms with Crippen LogP contribution < -0.4 is 4.80 Å². The lowest BCUT2D eigenvalue weighted by Crippen LogP contribution is -2.12. The summed E-state index contributed by atoms with van der Waals surface area (Å²) >= 11 is 1.55. The van der Waals surface area contributed by atoms with E-state index in [1.165, 1.54) is 11.6 Å². The number of fused-ring (bicyclic) bond motifs is 1. The number of carbonyl (C=O) groups is 1. The predicted molar refractivity (Wildman–Crippen MR) is 96.2 cm³/mol. The van der Waals surface area contributed by atoms with Crippen molar-refractivity contribution >= 4 is 33.5 Å². The molecule has 0 spiro atoms. The minimum atomic E-state index is -0.244. The maximum Gasteiger partial charge on any atom is 0.272 e. The summed E-state index contributed by atoms with van der Waals surface area (Å²) in [7, 11) is 1.94. The number of benzene rings is 2. The Labute approximate surface area is 139 Å². The van der Waals surface area contributed by atoms with Crippen molar-refractivity contribution in [1.29, 1.82) is 0 Å². The van der Waals surface area contributed by atoms with Gasteiger partial charge in [0.1, 0.15) is 0 Å². The summed E-state index contributed by atoms with van der Waals surface area (Å²) in [5.74, 6) is -0.244. The van der Waals surface area contributed by atoms with Crippen LogP contribution in [0.2, 0.25) is 0 Å². The number of rotatable bonds is 3. The molecule has 3 nitrogen and oxygen atoms in total. The first-order valence-corrected chi connectivity index (χ1v) is 8.39. The first kappa shape index (κ1) is 15.4. The van der Waals surface area contributed by atoms with Gasteiger partial charge < -0.3 is 4.57 Å². The van der Waals surface area contributed by atoms with Crippen molar-refractivity contribution in [3.8, 4) is 0 Å². The maximum atomic E-state index is 12.1. The third kappa shape index (κ3) is 3.48. The molecular formula is C19H18N2OS. The van der Waals surface area contributed by atoms with Crippen LogP contribution in [0, 0.1) is 0 Å². The van der Waals surface area contributed by atoms with Crippen LogP contribution in [0.15, 0.2) is 59.6 Å². The summed E-state index contributed by atoms with van der Waals surface area (Å²) < 4.78 is 3.12. The molecule has 0 fully saturated rings. The van der Waals surface area contributed by atoms with Crippen molar-refractivity contribution in [1.82, 2.24) is 4.57 Å². The second-order valence-electron chi connectivity index (χ2n) is 5.29. The van der Waals surface area contributed by atoms with Crippen molar-refractivity contribution in [2.75, 3.05) is 0 Å². The van der Waals surface area contributed by atoms with E-state index in [-0.39, 0.29) is 5.91 Å². The molecule has 0 unspecified atom stereocenters. The zero-order chi connectivity index (χ0) is 16.2. The highest BCUT2D eigenvalue weighted by atomic mass is 32.1. The fraction of sp³-hybridized carbons (Fsp3) is 0.158. The van der Waals surface area contributed by atoms with Crippen LogP contribution in [0.25, 0.3) is 16.3 Å². The quantitative estimate of drug-likeness (QED) is 0.673. The number of nitrogens with zero attached hydrogens (tertiary/aromatic N) is 2. The topological polar surface area (TPSA) is 34.4 Å². The van der Waals surface area contributed by atoms with Crippen LogP contribution in [0.3, 0.4) is 0 Å². The van der Waals surface area contributed by atoms with Crippen LogP contribution in [-0.2, 0) is 18.3 Å². The summed E-state index contributed by atoms with van der Waals surface area (Å²) in [6, 6.07) is 16.1. The van der Waals surface area contributed by atoms with Crippen LogP contribution in [0.5, 0.6) is 0 Å². The van der Waals surface area contributed by atoms with Gasteiger partial charge in [-0.15, -0.1) is 0 Å². The highest BCUT2D eigenvalue weighted by Crippen LogP contribution is 2.18. The van der Waals surface area contributed by atoms with Gasteiger partial charge in [0.2, 0.25) is 0 Å². The molecule has 0 aliphatic rings. The Hall–Kier alpha value is -2.46. The zero-order valence-corrected chi connectivity index (χ0v) is 14.0. The molecule has 0 bridgehead atoms. The molecule has 0 saturated carbocycles. The Morgan fingerprint density at radius 2 is 2.00 bits per heavy atom. The van der Waals surface area contributed by atoms with E-state index in [2.05, 4.69) is 30.1 Å². The van der Waals surface area contributed by atoms with Crippen LogP contribution in [0.1, 0.15) is 18.1 Å². The minimum Gasteiger partial charge on any atom is -0.319 e. The fourth-order valence-electron chi connectivity index (χ4n) is 2.37. The molecule has 0 aliphatic carbocycles. The molecule has 1 amide bonds. The summed E-state index contributed by atoms with van der Waals surface area (Å²) in [5.41, 5.74) is 3.39. The molecular weight excluding hydrogens is 304 g/mol. The third-order valence-corrected chi connectivity index (χ3v) is 4.80. The van der Waals surface area contributed by atoms with E-state index in [1.807, 2.05) is 41.9 Å². The van der Waals surface area contributed by atoms with Gasteiger partial charge in [-0.05, 0) is 35.8 Å². The van der Waals surface area contributed by atoms with E-state index < -0.39 is 0 Å². The highest BCUT2D eigenvalue weighted by molar-refractivity contribution is 7.16. The summed E-state index contributed by atoms with van der Waals surface area (Å²) in [6.07, 6.45) is 4.30. The average molecular weight is 322 g/mol. The Balaban J connectivity index is 1.92. The van der Waals surface area contributed by atoms with Gasteiger partial charge in [-0.25, -0.2) is 0 Å². The van der Waals surface area contributed by atoms with Crippen molar-refractivity contribution in [3.05, 3.63) is 70.5 Å². The molecule has 116 valence electrons. The number of aryl methyl sites for hydroxylation is 2. The smallest absolute Gasteiger partial charge is 0.272 e. The number of hydrogen-bond donors (Lipinski definition) is 0. The van der Waals surface area contributed by atoms with E-state index in [0.29, 0.717) is 0 Å². The molecule has 23 heavy (non-hydrogen) atoms. The van der Waals surface area contributed by atoms with Gasteiger partial charge >= 0.3 is 0 Å². The number of amides is 1. The molecule has 1 aromatic heterocycles. The highest BCUT2D eigenvalue weighted by Gasteiger charge is 2.04. The lowest BCUT2D eigenvalue weighted by molar-refractivity contribution is -0.113. The zero-order valence-electron chi connectivity index (χ0n) is 13.2. The van der Waals surface area contributed by atoms with Gasteiger partial charge in [0.05, 0.1) is 10.2 Å². The summed E-state index contributed by atoms with van der Waals surface area (Å²) in [6.45, 7) is 2.14. The summed E-state index contributed by atoms with van der Waals surface area (Å²) in [5, 5.41) is 0. The van der Waals surface area contributed by atoms with Gasteiger partial charge in [0.25, 0.3) is 5.91 Å². The van der Waals surface area contributed by atoms with E-state index in [0.717, 1.165) is 27.0 Å². The Bertz CT molecular complexity index is 933. The van der Waals surface area contributed by atoms with Gasteiger partial charge in [-0.2, -0.15) is 4.99 Å². The molecule has 0 atom stereocenters. The van der Waals surface area contributed by atoms with Crippen molar-refractivity contribution < 1.29 is 4.79 Å². The maximum absolute atomic E-state index is 12.1. The molecule has 0 N–H and O–H groups in total. The van der Waals surface area contributed by atoms with E-state index >= 15 is 0 Å². The second-order valence-corrected chi connectivity index (χ2v) is 6.30. The van der Waals surface area contributed by atoms with E-state index in [9.17, 15) is 4.79 Å². The first-order valence-electron chi connectivity index (χ1n) is 7.57. The molecule has 0 aliphatic heterocycles. The van der Waals surface area contributed by atoms with Gasteiger partial charge in [-0.1, -0.05) is 54.7 Å². The second kappa shape index (κ2) is 6.75. The third-order valence-electron chi connectivity index (χ3n) is 3.71. The van der Waals surface area contributed by atoms with Crippen LogP contribution in [-0.4, -0.2) is 10.5 Å². The molecule has 0 radical (unpaired) electrons. The van der Waals surface area contributed by atoms with Crippen molar-refractivity contribution in [2.24, 2.45) is 12.0 Å². The van der Waals surface area contributed by atoms with Crippen molar-refractivity contribution in [3.63, 3.8) is 0 Å². The number of hydrogen-bond acceptors (Lipinski definition) is 2. The Morgan fingerprint density at radius 1 is 1.22 bits per heavy atom. The van der Waals surface area contributed by atoms with E-state index in [4.69, 9.17) is 0 Å². The number of carbonyl (C=O) groups excluding carboxylic acids is 1. The molecule has 0 saturated heterocycles. The van der Waals surface area contributed by atoms with E-state index in [1.54, 1.807) is 17.4 Å². The van der Waals surface area contributed by atoms with Gasteiger partial charge in [0.15, 0.2) is 4.80 Å². The Morgan fingerprint density at radius 3 is 2.74 bits per heavy atom. The molecule has 4 heteroatoms. The monoisotopic (exact) mass is 322 g/mol. The van der Waals surface area contributed by atoms with Gasteiger partial charge in [-0.3, -0.25) is 4.79 Å². The largest absolute Gasteiger partial charge is 0.319 e. The standard InChI is InChI=1S/C19H18N2OS/c1-3-14-9-11-16-17(13-14)23-19(21(16)2)20-18(22)12-10-15-7-5-4-6-8-15/h4-13H,3H2,1-2H3/b12-10+,20-19?. The van der Waals surface area contributed by atoms with Crippen molar-refractivity contribution in [2.45, 2.75) is 13.3 Å². The van der Waals surface area contributed by atoms with Crippen LogP contribution in [0.4, 0.5) is 0 Å². The number of thiazole rings is 1. The Kier molecular flexibility index (Phi) is 4.53. The predicted octanol–water partition coefficient (Wildman–Crippen LogP) is 3.94. The molecule has 3 rings (SSSR count). The molecule has 2 aromatic carbocycles.